The van der Waals surface area contributed by atoms with Crippen LogP contribution in [0.5, 0.6) is 0 Å². The van der Waals surface area contributed by atoms with Crippen molar-refractivity contribution in [3.63, 3.8) is 0 Å². The minimum atomic E-state index is -0.523. The number of aliphatic hydroxyl groups is 1. The smallest absolute Gasteiger partial charge is 0.407 e. The van der Waals surface area contributed by atoms with E-state index in [-0.39, 0.29) is 12.1 Å². The molecule has 1 amide bonds. The monoisotopic (exact) mass is 216 g/mol. The molecule has 0 aromatic heterocycles. The Morgan fingerprint density at radius 3 is 2.47 bits per heavy atom. The molecule has 0 saturated heterocycles. The van der Waals surface area contributed by atoms with E-state index in [0.717, 1.165) is 0 Å². The summed E-state index contributed by atoms with van der Waals surface area (Å²) >= 11 is 0. The Bertz CT molecular complexity index is 227. The molecule has 15 heavy (non-hydrogen) atoms. The van der Waals surface area contributed by atoms with Gasteiger partial charge in [0.05, 0.1) is 6.10 Å². The van der Waals surface area contributed by atoms with E-state index in [9.17, 15) is 9.90 Å². The molecule has 0 radical (unpaired) electrons. The second-order valence-electron chi connectivity index (χ2n) is 5.05. The van der Waals surface area contributed by atoms with E-state index in [4.69, 9.17) is 10.5 Å². The first-order valence-electron chi connectivity index (χ1n) is 5.21. The van der Waals surface area contributed by atoms with E-state index in [1.807, 2.05) is 20.8 Å². The minimum Gasteiger partial charge on any atom is -0.444 e. The number of hydrogen-bond acceptors (Lipinski definition) is 4. The predicted octanol–water partition coefficient (Wildman–Crippen LogP) is 0.362. The summed E-state index contributed by atoms with van der Waals surface area (Å²) in [6.07, 6.45) is 0.125. The van der Waals surface area contributed by atoms with Gasteiger partial charge in [-0.3, -0.25) is 0 Å². The molecule has 1 fully saturated rings. The van der Waals surface area contributed by atoms with E-state index in [2.05, 4.69) is 5.32 Å². The van der Waals surface area contributed by atoms with Crippen LogP contribution < -0.4 is 11.1 Å². The lowest BCUT2D eigenvalue weighted by Gasteiger charge is -2.21. The summed E-state index contributed by atoms with van der Waals surface area (Å²) in [4.78, 5) is 11.4. The van der Waals surface area contributed by atoms with Crippen LogP contribution in [0.25, 0.3) is 0 Å². The quantitative estimate of drug-likeness (QED) is 0.591. The topological polar surface area (TPSA) is 84.6 Å². The van der Waals surface area contributed by atoms with E-state index >= 15 is 0 Å². The number of amides is 1. The molecule has 1 aliphatic carbocycles. The van der Waals surface area contributed by atoms with Gasteiger partial charge in [0.25, 0.3) is 0 Å². The summed E-state index contributed by atoms with van der Waals surface area (Å²) < 4.78 is 5.10. The third-order valence-corrected chi connectivity index (χ3v) is 2.30. The molecule has 0 aliphatic heterocycles. The molecule has 88 valence electrons. The highest BCUT2D eigenvalue weighted by Crippen LogP contribution is 2.18. The Kier molecular flexibility index (Phi) is 3.57. The molecule has 0 spiro atoms. The molecule has 1 aliphatic rings. The lowest BCUT2D eigenvalue weighted by molar-refractivity contribution is 0.0502. The molecule has 5 heteroatoms. The van der Waals surface area contributed by atoms with Crippen LogP contribution in [-0.4, -0.2) is 35.0 Å². The fraction of sp³-hybridized carbons (Fsp3) is 0.900. The number of aliphatic hydroxyl groups excluding tert-OH is 1. The van der Waals surface area contributed by atoms with Gasteiger partial charge in [-0.15, -0.1) is 0 Å². The van der Waals surface area contributed by atoms with Crippen molar-refractivity contribution in [2.75, 3.05) is 0 Å². The lowest BCUT2D eigenvalue weighted by atomic mass is 10.2. The molecule has 0 aromatic rings. The van der Waals surface area contributed by atoms with Crippen molar-refractivity contribution >= 4 is 6.09 Å². The summed E-state index contributed by atoms with van der Waals surface area (Å²) in [6.45, 7) is 5.42. The summed E-state index contributed by atoms with van der Waals surface area (Å²) in [6, 6.07) is -0.324. The molecule has 5 nitrogen and oxygen atoms in total. The number of rotatable bonds is 1. The first-order valence-corrected chi connectivity index (χ1v) is 5.21. The van der Waals surface area contributed by atoms with Gasteiger partial charge >= 0.3 is 6.09 Å². The maximum absolute atomic E-state index is 11.4. The highest BCUT2D eigenvalue weighted by Gasteiger charge is 2.32. The highest BCUT2D eigenvalue weighted by atomic mass is 16.6. The van der Waals surface area contributed by atoms with Crippen LogP contribution in [0.1, 0.15) is 33.6 Å². The van der Waals surface area contributed by atoms with Crippen LogP contribution in [-0.2, 0) is 4.74 Å². The number of carbonyl (C=O) groups excluding carboxylic acids is 1. The zero-order chi connectivity index (χ0) is 11.6. The van der Waals surface area contributed by atoms with Crippen molar-refractivity contribution in [3.05, 3.63) is 0 Å². The van der Waals surface area contributed by atoms with Gasteiger partial charge in [-0.05, 0) is 33.6 Å². The first kappa shape index (κ1) is 12.3. The van der Waals surface area contributed by atoms with Crippen LogP contribution in [0.3, 0.4) is 0 Å². The Labute approximate surface area is 90.0 Å². The summed E-state index contributed by atoms with van der Waals surface area (Å²) in [5, 5.41) is 12.1. The Balaban J connectivity index is 2.34. The highest BCUT2D eigenvalue weighted by molar-refractivity contribution is 5.68. The predicted molar refractivity (Wildman–Crippen MR) is 56.4 cm³/mol. The Hall–Kier alpha value is -0.810. The van der Waals surface area contributed by atoms with Gasteiger partial charge in [-0.2, -0.15) is 0 Å². The molecule has 3 atom stereocenters. The fourth-order valence-electron chi connectivity index (χ4n) is 1.64. The first-order chi connectivity index (χ1) is 6.78. The maximum Gasteiger partial charge on any atom is 0.407 e. The number of hydrogen-bond donors (Lipinski definition) is 3. The number of nitrogens with one attached hydrogen (secondary N) is 1. The van der Waals surface area contributed by atoms with E-state index in [1.165, 1.54) is 0 Å². The molecule has 0 unspecified atom stereocenters. The van der Waals surface area contributed by atoms with Crippen LogP contribution in [0.15, 0.2) is 0 Å². The lowest BCUT2D eigenvalue weighted by Crippen LogP contribution is -2.38. The van der Waals surface area contributed by atoms with Crippen LogP contribution >= 0.6 is 0 Å². The molecular weight excluding hydrogens is 196 g/mol. The average Bonchev–Trinajstić information content (AvgIpc) is 2.26. The number of ether oxygens (including phenoxy) is 1. The standard InChI is InChI=1S/C10H20N2O3/c1-10(2,3)15-9(14)12-6-4-7(11)8(13)5-6/h6-8,13H,4-5,11H2,1-3H3,(H,12,14)/t6-,7-,8-/m0/s1. The van der Waals surface area contributed by atoms with E-state index in [1.54, 1.807) is 0 Å². The van der Waals surface area contributed by atoms with Crippen LogP contribution in [0.2, 0.25) is 0 Å². The second-order valence-corrected chi connectivity index (χ2v) is 5.05. The SMILES string of the molecule is CC(C)(C)OC(=O)N[C@H]1C[C@H](N)[C@@H](O)C1. The van der Waals surface area contributed by atoms with Gasteiger partial charge < -0.3 is 20.9 Å². The third-order valence-electron chi connectivity index (χ3n) is 2.30. The van der Waals surface area contributed by atoms with Crippen LogP contribution in [0.4, 0.5) is 4.79 Å². The molecule has 0 heterocycles. The van der Waals surface area contributed by atoms with E-state index in [0.29, 0.717) is 12.8 Å². The van der Waals surface area contributed by atoms with Crippen molar-refractivity contribution < 1.29 is 14.6 Å². The van der Waals surface area contributed by atoms with Gasteiger partial charge in [-0.25, -0.2) is 4.79 Å². The zero-order valence-corrected chi connectivity index (χ0v) is 9.49. The number of nitrogens with two attached hydrogens (primary N) is 1. The van der Waals surface area contributed by atoms with Gasteiger partial charge in [0, 0.05) is 12.1 Å². The van der Waals surface area contributed by atoms with Gasteiger partial charge in [-0.1, -0.05) is 0 Å². The molecule has 1 saturated carbocycles. The molecule has 1 rings (SSSR count). The zero-order valence-electron chi connectivity index (χ0n) is 9.49. The Morgan fingerprint density at radius 1 is 1.47 bits per heavy atom. The molecular formula is C10H20N2O3. The maximum atomic E-state index is 11.4. The number of carbonyl (C=O) groups is 1. The normalized spacial score (nSPS) is 31.4. The van der Waals surface area contributed by atoms with Crippen molar-refractivity contribution in [2.45, 2.75) is 57.4 Å². The summed E-state index contributed by atoms with van der Waals surface area (Å²) in [5.74, 6) is 0. The van der Waals surface area contributed by atoms with Gasteiger partial charge in [0.1, 0.15) is 5.60 Å². The van der Waals surface area contributed by atoms with Crippen molar-refractivity contribution in [1.82, 2.24) is 5.32 Å². The van der Waals surface area contributed by atoms with E-state index < -0.39 is 17.8 Å². The van der Waals surface area contributed by atoms with Crippen molar-refractivity contribution in [3.8, 4) is 0 Å². The third kappa shape index (κ3) is 4.05. The van der Waals surface area contributed by atoms with Crippen molar-refractivity contribution in [1.29, 1.82) is 0 Å². The second kappa shape index (κ2) is 4.37. The summed E-state index contributed by atoms with van der Waals surface area (Å²) in [5.41, 5.74) is 5.13. The number of alkyl carbamates (subject to hydrolysis) is 1. The fourth-order valence-corrected chi connectivity index (χ4v) is 1.64. The molecule has 0 bridgehead atoms. The average molecular weight is 216 g/mol. The van der Waals surface area contributed by atoms with Crippen LogP contribution in [0, 0.1) is 0 Å². The van der Waals surface area contributed by atoms with Gasteiger partial charge in [0.15, 0.2) is 0 Å². The van der Waals surface area contributed by atoms with Crippen molar-refractivity contribution in [2.24, 2.45) is 5.73 Å². The Morgan fingerprint density at radius 2 is 2.07 bits per heavy atom. The largest absolute Gasteiger partial charge is 0.444 e. The molecule has 4 N–H and O–H groups in total. The molecule has 0 aromatic carbocycles. The summed E-state index contributed by atoms with van der Waals surface area (Å²) in [7, 11) is 0. The minimum absolute atomic E-state index is 0.0788. The van der Waals surface area contributed by atoms with Gasteiger partial charge in [0.2, 0.25) is 0 Å².